The van der Waals surface area contributed by atoms with Gasteiger partial charge in [-0.25, -0.2) is 8.42 Å². The van der Waals surface area contributed by atoms with Gasteiger partial charge in [0, 0.05) is 12.1 Å². The Morgan fingerprint density at radius 2 is 1.84 bits per heavy atom. The van der Waals surface area contributed by atoms with E-state index in [1.165, 1.54) is 19.1 Å². The second kappa shape index (κ2) is 10.4. The van der Waals surface area contributed by atoms with E-state index in [9.17, 15) is 23.3 Å². The molecule has 1 amide bonds. The first-order chi connectivity index (χ1) is 14.9. The maximum atomic E-state index is 12.7. The summed E-state index contributed by atoms with van der Waals surface area (Å²) in [5.41, 5.74) is 1.38. The number of benzene rings is 2. The molecule has 0 aliphatic rings. The molecule has 0 heterocycles. The normalized spacial score (nSPS) is 12.3. The van der Waals surface area contributed by atoms with E-state index < -0.39 is 26.9 Å². The summed E-state index contributed by atoms with van der Waals surface area (Å²) in [6, 6.07) is 10.4. The fourth-order valence-electron chi connectivity index (χ4n) is 3.30. The number of carbonyl (C=O) groups is 1. The van der Waals surface area contributed by atoms with Crippen molar-refractivity contribution in [2.75, 3.05) is 23.7 Å². The van der Waals surface area contributed by atoms with Gasteiger partial charge in [0.05, 0.1) is 23.4 Å². The van der Waals surface area contributed by atoms with Crippen molar-refractivity contribution in [3.63, 3.8) is 0 Å². The van der Waals surface area contributed by atoms with E-state index in [1.807, 2.05) is 24.3 Å². The number of aryl methyl sites for hydroxylation is 1. The van der Waals surface area contributed by atoms with Gasteiger partial charge in [-0.3, -0.25) is 19.2 Å². The number of nitrogens with one attached hydrogen (secondary N) is 1. The summed E-state index contributed by atoms with van der Waals surface area (Å²) < 4.78 is 31.6. The van der Waals surface area contributed by atoms with Crippen molar-refractivity contribution in [1.29, 1.82) is 0 Å². The molecule has 9 nitrogen and oxygen atoms in total. The maximum absolute atomic E-state index is 12.7. The zero-order valence-corrected chi connectivity index (χ0v) is 19.7. The van der Waals surface area contributed by atoms with Gasteiger partial charge in [-0.05, 0) is 37.0 Å². The fraction of sp³-hybridized carbons (Fsp3) is 0.409. The van der Waals surface area contributed by atoms with Crippen LogP contribution in [-0.4, -0.2) is 44.7 Å². The summed E-state index contributed by atoms with van der Waals surface area (Å²) in [5.74, 6) is 0.471. The molecule has 0 saturated heterocycles. The summed E-state index contributed by atoms with van der Waals surface area (Å²) in [5, 5.41) is 13.8. The largest absolute Gasteiger partial charge is 0.491 e. The molecule has 0 bridgehead atoms. The smallest absolute Gasteiger partial charge is 0.271 e. The Balaban J connectivity index is 2.12. The van der Waals surface area contributed by atoms with Gasteiger partial charge >= 0.3 is 0 Å². The SMILES string of the molecule is Cc1ccc([N+](=O)[O-])cc1N([C@H](C)C(=O)NCCOc1ccccc1C(C)C)S(C)(=O)=O. The number of hydrogen-bond acceptors (Lipinski definition) is 6. The molecular formula is C22H29N3O6S. The number of hydrogen-bond donors (Lipinski definition) is 1. The molecule has 0 unspecified atom stereocenters. The van der Waals surface area contributed by atoms with Crippen LogP contribution >= 0.6 is 0 Å². The van der Waals surface area contributed by atoms with Gasteiger partial charge in [0.1, 0.15) is 18.4 Å². The van der Waals surface area contributed by atoms with Crippen LogP contribution in [0.3, 0.4) is 0 Å². The molecule has 2 aromatic rings. The summed E-state index contributed by atoms with van der Waals surface area (Å²) in [7, 11) is -3.90. The quantitative estimate of drug-likeness (QED) is 0.328. The number of carbonyl (C=O) groups excluding carboxylic acids is 1. The standard InChI is InChI=1S/C22H29N3O6S/c1-15(2)19-8-6-7-9-21(19)31-13-12-23-22(26)17(4)24(32(5,29)30)20-14-18(25(27)28)11-10-16(20)3/h6-11,14-15,17H,12-13H2,1-5H3,(H,23,26)/t17-/m1/s1. The first-order valence-electron chi connectivity index (χ1n) is 10.2. The average molecular weight is 464 g/mol. The Kier molecular flexibility index (Phi) is 8.20. The minimum absolute atomic E-state index is 0.0893. The van der Waals surface area contributed by atoms with Gasteiger partial charge in [-0.15, -0.1) is 0 Å². The molecule has 1 atom stereocenters. The molecule has 0 aliphatic heterocycles. The summed E-state index contributed by atoms with van der Waals surface area (Å²) in [4.78, 5) is 23.2. The minimum Gasteiger partial charge on any atom is -0.491 e. The average Bonchev–Trinajstić information content (AvgIpc) is 2.71. The van der Waals surface area contributed by atoms with E-state index in [4.69, 9.17) is 4.74 Å². The molecule has 174 valence electrons. The maximum Gasteiger partial charge on any atom is 0.271 e. The monoisotopic (exact) mass is 463 g/mol. The second-order valence-electron chi connectivity index (χ2n) is 7.79. The van der Waals surface area contributed by atoms with Crippen LogP contribution in [-0.2, 0) is 14.8 Å². The van der Waals surface area contributed by atoms with Gasteiger partial charge in [0.15, 0.2) is 0 Å². The van der Waals surface area contributed by atoms with Gasteiger partial charge < -0.3 is 10.1 Å². The van der Waals surface area contributed by atoms with Crippen molar-refractivity contribution < 1.29 is 22.9 Å². The fourth-order valence-corrected chi connectivity index (χ4v) is 4.53. The number of anilines is 1. The Bertz CT molecular complexity index is 1080. The Hall–Kier alpha value is -3.14. The third-order valence-corrected chi connectivity index (χ3v) is 6.16. The number of non-ortho nitro benzene ring substituents is 1. The van der Waals surface area contributed by atoms with Crippen LogP contribution in [0.2, 0.25) is 0 Å². The first kappa shape index (κ1) is 25.1. The van der Waals surface area contributed by atoms with Crippen LogP contribution in [0.15, 0.2) is 42.5 Å². The highest BCUT2D eigenvalue weighted by atomic mass is 32.2. The number of nitro groups is 1. The zero-order valence-electron chi connectivity index (χ0n) is 18.9. The van der Waals surface area contributed by atoms with Crippen LogP contribution in [0.4, 0.5) is 11.4 Å². The van der Waals surface area contributed by atoms with Crippen LogP contribution in [0.1, 0.15) is 37.8 Å². The molecule has 0 aliphatic carbocycles. The molecular weight excluding hydrogens is 434 g/mol. The Morgan fingerprint density at radius 1 is 1.19 bits per heavy atom. The van der Waals surface area contributed by atoms with Gasteiger partial charge in [0.2, 0.25) is 15.9 Å². The molecule has 0 spiro atoms. The van der Waals surface area contributed by atoms with Crippen LogP contribution in [0.25, 0.3) is 0 Å². The summed E-state index contributed by atoms with van der Waals surface area (Å²) in [6.07, 6.45) is 0.959. The molecule has 0 fully saturated rings. The lowest BCUT2D eigenvalue weighted by Crippen LogP contribution is -2.48. The topological polar surface area (TPSA) is 119 Å². The van der Waals surface area contributed by atoms with Crippen LogP contribution in [0.5, 0.6) is 5.75 Å². The molecule has 0 aromatic heterocycles. The Labute approximate surface area is 188 Å². The van der Waals surface area contributed by atoms with E-state index in [0.717, 1.165) is 27.9 Å². The molecule has 1 N–H and O–H groups in total. The Morgan fingerprint density at radius 3 is 2.44 bits per heavy atom. The first-order valence-corrected chi connectivity index (χ1v) is 12.0. The number of nitrogens with zero attached hydrogens (tertiary/aromatic N) is 2. The third kappa shape index (κ3) is 6.19. The second-order valence-corrected chi connectivity index (χ2v) is 9.65. The lowest BCUT2D eigenvalue weighted by Gasteiger charge is -2.29. The lowest BCUT2D eigenvalue weighted by atomic mass is 10.0. The number of ether oxygens (including phenoxy) is 1. The van der Waals surface area contributed by atoms with Crippen molar-refractivity contribution in [3.8, 4) is 5.75 Å². The highest BCUT2D eigenvalue weighted by Gasteiger charge is 2.31. The number of rotatable bonds is 10. The van der Waals surface area contributed by atoms with Crippen LogP contribution < -0.4 is 14.4 Å². The summed E-state index contributed by atoms with van der Waals surface area (Å²) in [6.45, 7) is 7.55. The van der Waals surface area contributed by atoms with E-state index in [1.54, 1.807) is 6.92 Å². The summed E-state index contributed by atoms with van der Waals surface area (Å²) >= 11 is 0. The van der Waals surface area contributed by atoms with Crippen molar-refractivity contribution in [2.24, 2.45) is 0 Å². The lowest BCUT2D eigenvalue weighted by molar-refractivity contribution is -0.384. The van der Waals surface area contributed by atoms with E-state index in [-0.39, 0.29) is 30.4 Å². The van der Waals surface area contributed by atoms with Crippen molar-refractivity contribution in [1.82, 2.24) is 5.32 Å². The predicted molar refractivity (Wildman–Crippen MR) is 124 cm³/mol. The van der Waals surface area contributed by atoms with Crippen molar-refractivity contribution in [2.45, 2.75) is 39.7 Å². The van der Waals surface area contributed by atoms with Gasteiger partial charge in [0.25, 0.3) is 5.69 Å². The number of nitro benzene ring substituents is 1. The molecule has 0 saturated carbocycles. The molecule has 10 heteroatoms. The van der Waals surface area contributed by atoms with Crippen molar-refractivity contribution in [3.05, 3.63) is 63.7 Å². The number of amides is 1. The molecule has 2 aromatic carbocycles. The highest BCUT2D eigenvalue weighted by Crippen LogP contribution is 2.29. The minimum atomic E-state index is -3.90. The predicted octanol–water partition coefficient (Wildman–Crippen LogP) is 3.38. The van der Waals surface area contributed by atoms with Gasteiger partial charge in [-0.2, -0.15) is 0 Å². The zero-order chi connectivity index (χ0) is 24.1. The van der Waals surface area contributed by atoms with Crippen LogP contribution in [0, 0.1) is 17.0 Å². The highest BCUT2D eigenvalue weighted by molar-refractivity contribution is 7.92. The van der Waals surface area contributed by atoms with E-state index in [2.05, 4.69) is 19.2 Å². The molecule has 32 heavy (non-hydrogen) atoms. The van der Waals surface area contributed by atoms with Crippen molar-refractivity contribution >= 4 is 27.3 Å². The number of para-hydroxylation sites is 1. The van der Waals surface area contributed by atoms with E-state index >= 15 is 0 Å². The molecule has 2 rings (SSSR count). The molecule has 0 radical (unpaired) electrons. The number of sulfonamides is 1. The van der Waals surface area contributed by atoms with Gasteiger partial charge in [-0.1, -0.05) is 38.1 Å². The van der Waals surface area contributed by atoms with E-state index in [0.29, 0.717) is 5.56 Å². The third-order valence-electron chi connectivity index (χ3n) is 4.93.